The summed E-state index contributed by atoms with van der Waals surface area (Å²) in [4.78, 5) is 34.3. The Balaban J connectivity index is 1.25. The number of carbonyl (C=O) groups excluding carboxylic acids is 1. The fourth-order valence-corrected chi connectivity index (χ4v) is 6.85. The van der Waals surface area contributed by atoms with E-state index in [1.54, 1.807) is 7.11 Å². The molecule has 0 aliphatic carbocycles. The molecule has 1 spiro atoms. The number of amides is 1. The molecule has 4 aromatic rings. The molecule has 238 valence electrons. The highest BCUT2D eigenvalue weighted by Gasteiger charge is 2.47. The Labute approximate surface area is 276 Å². The van der Waals surface area contributed by atoms with Gasteiger partial charge in [-0.1, -0.05) is 71.7 Å². The van der Waals surface area contributed by atoms with Gasteiger partial charge in [0.15, 0.2) is 0 Å². The Hall–Kier alpha value is -4.22. The smallest absolute Gasteiger partial charge is 0.317 e. The topological polar surface area (TPSA) is 126 Å². The zero-order valence-corrected chi connectivity index (χ0v) is 26.9. The minimum atomic E-state index is -0.945. The first-order chi connectivity index (χ1) is 22.2. The van der Waals surface area contributed by atoms with Crippen molar-refractivity contribution in [2.45, 2.75) is 31.5 Å². The number of carbonyl (C=O) groups is 2. The average molecular weight is 663 g/mol. The molecular weight excluding hydrogens is 629 g/mol. The number of pyridine rings is 2. The minimum absolute atomic E-state index is 0.0867. The summed E-state index contributed by atoms with van der Waals surface area (Å²) in [6.07, 6.45) is 1.47. The van der Waals surface area contributed by atoms with Gasteiger partial charge in [0.25, 0.3) is 0 Å². The van der Waals surface area contributed by atoms with Crippen molar-refractivity contribution in [3.63, 3.8) is 0 Å². The number of ether oxygens (including phenoxy) is 2. The molecule has 1 amide bonds. The van der Waals surface area contributed by atoms with Gasteiger partial charge in [0, 0.05) is 66.0 Å². The summed E-state index contributed by atoms with van der Waals surface area (Å²) in [5, 5.41) is 15.9. The molecule has 2 aliphatic rings. The lowest BCUT2D eigenvalue weighted by Crippen LogP contribution is -2.66. The number of hydrogen-bond acceptors (Lipinski definition) is 8. The van der Waals surface area contributed by atoms with Gasteiger partial charge in [0.2, 0.25) is 17.7 Å². The first-order valence-electron chi connectivity index (χ1n) is 14.8. The van der Waals surface area contributed by atoms with Crippen molar-refractivity contribution in [1.29, 1.82) is 0 Å². The molecule has 0 unspecified atom stereocenters. The van der Waals surface area contributed by atoms with E-state index in [1.807, 2.05) is 60.7 Å². The molecule has 46 heavy (non-hydrogen) atoms. The summed E-state index contributed by atoms with van der Waals surface area (Å²) in [5.74, 6) is 0.0842. The highest BCUT2D eigenvalue weighted by atomic mass is 35.5. The molecule has 0 bridgehead atoms. The summed E-state index contributed by atoms with van der Waals surface area (Å²) in [6.45, 7) is 2.41. The third kappa shape index (κ3) is 6.39. The zero-order valence-electron chi connectivity index (χ0n) is 25.4. The Morgan fingerprint density at radius 2 is 1.43 bits per heavy atom. The van der Waals surface area contributed by atoms with E-state index in [4.69, 9.17) is 42.8 Å². The monoisotopic (exact) mass is 661 g/mol. The van der Waals surface area contributed by atoms with Gasteiger partial charge >= 0.3 is 5.97 Å². The summed E-state index contributed by atoms with van der Waals surface area (Å²) in [5.41, 5.74) is 5.76. The number of carboxylic acid groups (broad SMARTS) is 1. The second kappa shape index (κ2) is 13.3. The summed E-state index contributed by atoms with van der Waals surface area (Å²) >= 11 is 14.1. The molecule has 0 saturated carbocycles. The molecule has 2 aromatic heterocycles. The SMILES string of the molecule is COc1nc(-c2cccc(-c3cccc(-c4ccc(CN5CC6(CCC(=O)N6)C5)c(OC)n4)c3Cl)c2Cl)ccc1CNCC(=O)O. The molecule has 2 saturated heterocycles. The van der Waals surface area contributed by atoms with Gasteiger partial charge in [-0.2, -0.15) is 0 Å². The van der Waals surface area contributed by atoms with Crippen molar-refractivity contribution >= 4 is 35.1 Å². The van der Waals surface area contributed by atoms with Gasteiger partial charge in [-0.05, 0) is 18.6 Å². The van der Waals surface area contributed by atoms with Gasteiger partial charge in [-0.3, -0.25) is 14.5 Å². The third-order valence-corrected chi connectivity index (χ3v) is 9.19. The Bertz CT molecular complexity index is 1810. The minimum Gasteiger partial charge on any atom is -0.481 e. The first kappa shape index (κ1) is 31.7. The summed E-state index contributed by atoms with van der Waals surface area (Å²) < 4.78 is 11.2. The Morgan fingerprint density at radius 3 is 1.96 bits per heavy atom. The zero-order chi connectivity index (χ0) is 32.4. The van der Waals surface area contributed by atoms with Crippen LogP contribution in [0, 0.1) is 0 Å². The van der Waals surface area contributed by atoms with Gasteiger partial charge < -0.3 is 25.2 Å². The number of aliphatic carboxylic acids is 1. The molecular formula is C34H33Cl2N5O5. The van der Waals surface area contributed by atoms with Crippen molar-refractivity contribution in [2.75, 3.05) is 33.9 Å². The van der Waals surface area contributed by atoms with Crippen LogP contribution in [0.2, 0.25) is 10.0 Å². The largest absolute Gasteiger partial charge is 0.481 e. The molecule has 0 atom stereocenters. The van der Waals surface area contributed by atoms with Crippen molar-refractivity contribution in [2.24, 2.45) is 0 Å². The van der Waals surface area contributed by atoms with Crippen LogP contribution in [0.15, 0.2) is 60.7 Å². The van der Waals surface area contributed by atoms with Crippen molar-refractivity contribution in [1.82, 2.24) is 25.5 Å². The standard InChI is InChI=1S/C34H33Cl2N5O5/c1-45-32-20(15-37-16-29(43)44)9-11-26(38-32)24-7-3-5-22(30(24)35)23-6-4-8-25(31(23)36)27-12-10-21(33(39-27)46-2)17-41-18-34(19-41)14-13-28(42)40-34/h3-12,37H,13-19H2,1-2H3,(H,40,42)(H,43,44). The lowest BCUT2D eigenvalue weighted by Gasteiger charge is -2.48. The maximum atomic E-state index is 11.7. The molecule has 2 aliphatic heterocycles. The van der Waals surface area contributed by atoms with E-state index in [0.717, 1.165) is 47.3 Å². The van der Waals surface area contributed by atoms with Gasteiger partial charge in [0.1, 0.15) is 0 Å². The van der Waals surface area contributed by atoms with Crippen molar-refractivity contribution < 1.29 is 24.2 Å². The maximum Gasteiger partial charge on any atom is 0.317 e. The predicted octanol–water partition coefficient (Wildman–Crippen LogP) is 5.44. The van der Waals surface area contributed by atoms with Crippen LogP contribution < -0.4 is 20.1 Å². The number of aromatic nitrogens is 2. The maximum absolute atomic E-state index is 11.7. The number of nitrogens with zero attached hydrogens (tertiary/aromatic N) is 3. The quantitative estimate of drug-likeness (QED) is 0.193. The average Bonchev–Trinajstić information content (AvgIpc) is 3.43. The molecule has 4 heterocycles. The Morgan fingerprint density at radius 1 is 0.891 bits per heavy atom. The number of rotatable bonds is 11. The van der Waals surface area contributed by atoms with E-state index in [1.165, 1.54) is 7.11 Å². The van der Waals surface area contributed by atoms with Crippen LogP contribution in [0.4, 0.5) is 0 Å². The second-order valence-corrected chi connectivity index (χ2v) is 12.3. The highest BCUT2D eigenvalue weighted by molar-refractivity contribution is 6.39. The van der Waals surface area contributed by atoms with Gasteiger partial charge in [-0.15, -0.1) is 0 Å². The van der Waals surface area contributed by atoms with Crippen LogP contribution in [0.5, 0.6) is 11.8 Å². The van der Waals surface area contributed by atoms with Crippen LogP contribution in [-0.2, 0) is 22.7 Å². The third-order valence-electron chi connectivity index (χ3n) is 8.38. The number of methoxy groups -OCH3 is 2. The summed E-state index contributed by atoms with van der Waals surface area (Å²) in [6, 6.07) is 19.0. The molecule has 3 N–H and O–H groups in total. The van der Waals surface area contributed by atoms with E-state index < -0.39 is 5.97 Å². The lowest BCUT2D eigenvalue weighted by atomic mass is 9.88. The van der Waals surface area contributed by atoms with E-state index in [2.05, 4.69) is 20.5 Å². The predicted molar refractivity (Wildman–Crippen MR) is 176 cm³/mol. The highest BCUT2D eigenvalue weighted by Crippen LogP contribution is 2.42. The van der Waals surface area contributed by atoms with Crippen LogP contribution in [0.3, 0.4) is 0 Å². The molecule has 2 aromatic carbocycles. The van der Waals surface area contributed by atoms with Crippen LogP contribution in [0.1, 0.15) is 24.0 Å². The fraction of sp³-hybridized carbons (Fsp3) is 0.294. The molecule has 2 fully saturated rings. The molecule has 12 heteroatoms. The number of likely N-dealkylation sites (tertiary alicyclic amines) is 1. The number of halogens is 2. The molecule has 10 nitrogen and oxygen atoms in total. The van der Waals surface area contributed by atoms with Crippen molar-refractivity contribution in [3.8, 4) is 45.4 Å². The van der Waals surface area contributed by atoms with Crippen LogP contribution in [-0.4, -0.2) is 71.2 Å². The van der Waals surface area contributed by atoms with E-state index in [9.17, 15) is 9.59 Å². The van der Waals surface area contributed by atoms with E-state index in [0.29, 0.717) is 51.7 Å². The number of hydrogen-bond donors (Lipinski definition) is 3. The fourth-order valence-electron chi connectivity index (χ4n) is 6.20. The van der Waals surface area contributed by atoms with Crippen LogP contribution >= 0.6 is 23.2 Å². The van der Waals surface area contributed by atoms with E-state index >= 15 is 0 Å². The normalized spacial score (nSPS) is 15.4. The number of benzene rings is 2. The molecule has 6 rings (SSSR count). The van der Waals surface area contributed by atoms with Crippen molar-refractivity contribution in [3.05, 3.63) is 81.8 Å². The Kier molecular flexibility index (Phi) is 9.15. The van der Waals surface area contributed by atoms with Gasteiger partial charge in [-0.25, -0.2) is 9.97 Å². The molecule has 0 radical (unpaired) electrons. The second-order valence-electron chi connectivity index (χ2n) is 11.5. The lowest BCUT2D eigenvalue weighted by molar-refractivity contribution is -0.136. The van der Waals surface area contributed by atoms with E-state index in [-0.39, 0.29) is 24.5 Å². The first-order valence-corrected chi connectivity index (χ1v) is 15.6. The number of carboxylic acids is 1. The summed E-state index contributed by atoms with van der Waals surface area (Å²) in [7, 11) is 3.12. The van der Waals surface area contributed by atoms with Crippen LogP contribution in [0.25, 0.3) is 33.6 Å². The number of nitrogens with one attached hydrogen (secondary N) is 2. The van der Waals surface area contributed by atoms with Gasteiger partial charge in [0.05, 0.1) is 47.7 Å².